The Morgan fingerprint density at radius 1 is 1.43 bits per heavy atom. The molecule has 0 saturated heterocycles. The van der Waals surface area contributed by atoms with Crippen LogP contribution in [0.3, 0.4) is 0 Å². The summed E-state index contributed by atoms with van der Waals surface area (Å²) in [6.07, 6.45) is 0. The van der Waals surface area contributed by atoms with Crippen molar-refractivity contribution >= 4 is 5.78 Å². The van der Waals surface area contributed by atoms with Crippen LogP contribution in [0.5, 0.6) is 5.75 Å². The molecule has 0 bridgehead atoms. The van der Waals surface area contributed by atoms with Crippen LogP contribution in [0.15, 0.2) is 24.3 Å². The van der Waals surface area contributed by atoms with E-state index >= 15 is 0 Å². The predicted molar refractivity (Wildman–Crippen MR) is 47.6 cm³/mol. The van der Waals surface area contributed by atoms with Crippen molar-refractivity contribution in [1.82, 2.24) is 0 Å². The van der Waals surface area contributed by atoms with Crippen LogP contribution in [0.25, 0.3) is 0 Å². The first-order chi connectivity index (χ1) is 6.48. The predicted octanol–water partition coefficient (Wildman–Crippen LogP) is 2.38. The molecule has 0 aromatic heterocycles. The Morgan fingerprint density at radius 3 is 2.57 bits per heavy atom. The third-order valence-corrected chi connectivity index (χ3v) is 1.87. The number of hydrogen-bond acceptors (Lipinski definition) is 2. The average molecular weight is 200 g/mol. The zero-order chi connectivity index (χ0) is 10.8. The number of benzene rings is 1. The normalized spacial score (nSPS) is 11.1. The summed E-state index contributed by atoms with van der Waals surface area (Å²) in [7, 11) is 1.38. The third-order valence-electron chi connectivity index (χ3n) is 1.87. The summed E-state index contributed by atoms with van der Waals surface area (Å²) < 4.78 is 31.2. The van der Waals surface area contributed by atoms with Gasteiger partial charge >= 0.3 is 5.92 Å². The van der Waals surface area contributed by atoms with E-state index in [4.69, 9.17) is 4.74 Å². The molecule has 0 aliphatic heterocycles. The number of hydrogen-bond donors (Lipinski definition) is 0. The number of carbonyl (C=O) groups is 1. The number of alkyl halides is 2. The smallest absolute Gasteiger partial charge is 0.330 e. The molecule has 0 radical (unpaired) electrons. The fourth-order valence-electron chi connectivity index (χ4n) is 1.02. The van der Waals surface area contributed by atoms with Gasteiger partial charge in [-0.3, -0.25) is 4.79 Å². The maximum absolute atomic E-state index is 13.2. The summed E-state index contributed by atoms with van der Waals surface area (Å²) in [5.41, 5.74) is -0.343. The van der Waals surface area contributed by atoms with Crippen molar-refractivity contribution in [3.8, 4) is 5.75 Å². The van der Waals surface area contributed by atoms with Gasteiger partial charge in [0.05, 0.1) is 7.11 Å². The standard InChI is InChI=1S/C10H10F2O2/c1-7(13)10(11,12)8-4-3-5-9(6-8)14-2/h3-6H,1-2H3. The lowest BCUT2D eigenvalue weighted by molar-refractivity contribution is -0.141. The van der Waals surface area contributed by atoms with Gasteiger partial charge < -0.3 is 4.74 Å². The second kappa shape index (κ2) is 3.74. The summed E-state index contributed by atoms with van der Waals surface area (Å²) in [5.74, 6) is -4.30. The van der Waals surface area contributed by atoms with Gasteiger partial charge in [0.15, 0.2) is 0 Å². The molecule has 0 fully saturated rings. The summed E-state index contributed by atoms with van der Waals surface area (Å²) in [6.45, 7) is 0.861. The number of halogens is 2. The van der Waals surface area contributed by atoms with E-state index in [1.807, 2.05) is 0 Å². The van der Waals surface area contributed by atoms with E-state index in [1.165, 1.54) is 19.2 Å². The molecule has 0 atom stereocenters. The summed E-state index contributed by atoms with van der Waals surface area (Å²) >= 11 is 0. The monoisotopic (exact) mass is 200 g/mol. The second-order valence-corrected chi connectivity index (χ2v) is 2.86. The van der Waals surface area contributed by atoms with Crippen molar-refractivity contribution in [2.24, 2.45) is 0 Å². The number of carbonyl (C=O) groups excluding carboxylic acids is 1. The molecule has 1 rings (SSSR count). The van der Waals surface area contributed by atoms with E-state index in [2.05, 4.69) is 0 Å². The molecule has 4 heteroatoms. The molecule has 1 aromatic carbocycles. The zero-order valence-corrected chi connectivity index (χ0v) is 7.88. The molecule has 0 heterocycles. The Bertz CT molecular complexity index is 348. The van der Waals surface area contributed by atoms with Crippen LogP contribution in [0.2, 0.25) is 0 Å². The topological polar surface area (TPSA) is 26.3 Å². The number of Topliss-reactive ketones (excluding diaryl/α,β-unsaturated/α-hetero) is 1. The fraction of sp³-hybridized carbons (Fsp3) is 0.300. The molecule has 0 unspecified atom stereocenters. The van der Waals surface area contributed by atoms with Gasteiger partial charge in [-0.15, -0.1) is 0 Å². The molecule has 76 valence electrons. The van der Waals surface area contributed by atoms with Crippen molar-refractivity contribution in [2.45, 2.75) is 12.8 Å². The van der Waals surface area contributed by atoms with Gasteiger partial charge in [-0.2, -0.15) is 8.78 Å². The van der Waals surface area contributed by atoms with Crippen molar-refractivity contribution in [3.05, 3.63) is 29.8 Å². The Morgan fingerprint density at radius 2 is 2.07 bits per heavy atom. The number of ether oxygens (including phenoxy) is 1. The Kier molecular flexibility index (Phi) is 2.84. The minimum atomic E-state index is -3.44. The lowest BCUT2D eigenvalue weighted by Crippen LogP contribution is -2.22. The molecule has 0 spiro atoms. The Labute approximate surface area is 80.5 Å². The number of methoxy groups -OCH3 is 1. The molecule has 1 aromatic rings. The van der Waals surface area contributed by atoms with Crippen LogP contribution in [0, 0.1) is 0 Å². The summed E-state index contributed by atoms with van der Waals surface area (Å²) in [5, 5.41) is 0. The highest BCUT2D eigenvalue weighted by atomic mass is 19.3. The highest BCUT2D eigenvalue weighted by Crippen LogP contribution is 2.30. The maximum atomic E-state index is 13.2. The van der Waals surface area contributed by atoms with E-state index in [-0.39, 0.29) is 5.56 Å². The summed E-state index contributed by atoms with van der Waals surface area (Å²) in [6, 6.07) is 5.32. The van der Waals surface area contributed by atoms with Gasteiger partial charge in [-0.1, -0.05) is 12.1 Å². The van der Waals surface area contributed by atoms with Crippen LogP contribution in [-0.4, -0.2) is 12.9 Å². The molecule has 0 aliphatic carbocycles. The SMILES string of the molecule is COc1cccc(C(F)(F)C(C)=O)c1. The highest BCUT2D eigenvalue weighted by molar-refractivity contribution is 5.84. The van der Waals surface area contributed by atoms with Gasteiger partial charge in [-0.25, -0.2) is 0 Å². The van der Waals surface area contributed by atoms with Gasteiger partial charge in [-0.05, 0) is 12.1 Å². The first kappa shape index (κ1) is 10.6. The highest BCUT2D eigenvalue weighted by Gasteiger charge is 2.37. The quantitative estimate of drug-likeness (QED) is 0.748. The molecule has 0 aliphatic rings. The fourth-order valence-corrected chi connectivity index (χ4v) is 1.02. The average Bonchev–Trinajstić information content (AvgIpc) is 2.17. The minimum Gasteiger partial charge on any atom is -0.497 e. The maximum Gasteiger partial charge on any atom is 0.330 e. The first-order valence-electron chi connectivity index (χ1n) is 4.02. The molecular formula is C10H10F2O2. The zero-order valence-electron chi connectivity index (χ0n) is 7.88. The molecule has 14 heavy (non-hydrogen) atoms. The molecule has 0 amide bonds. The van der Waals surface area contributed by atoms with Gasteiger partial charge in [0.2, 0.25) is 5.78 Å². The summed E-state index contributed by atoms with van der Waals surface area (Å²) in [4.78, 5) is 10.7. The molecule has 0 N–H and O–H groups in total. The van der Waals surface area contributed by atoms with E-state index in [1.54, 1.807) is 6.07 Å². The molecular weight excluding hydrogens is 190 g/mol. The van der Waals surface area contributed by atoms with Crippen LogP contribution in [0.1, 0.15) is 12.5 Å². The van der Waals surface area contributed by atoms with E-state index in [0.29, 0.717) is 5.75 Å². The molecule has 0 saturated carbocycles. The number of ketones is 1. The van der Waals surface area contributed by atoms with E-state index in [0.717, 1.165) is 13.0 Å². The molecule has 2 nitrogen and oxygen atoms in total. The van der Waals surface area contributed by atoms with Crippen LogP contribution in [0.4, 0.5) is 8.78 Å². The van der Waals surface area contributed by atoms with Gasteiger partial charge in [0.25, 0.3) is 0 Å². The van der Waals surface area contributed by atoms with Crippen molar-refractivity contribution in [2.75, 3.05) is 7.11 Å². The lowest BCUT2D eigenvalue weighted by atomic mass is 10.1. The largest absolute Gasteiger partial charge is 0.497 e. The first-order valence-corrected chi connectivity index (χ1v) is 4.02. The van der Waals surface area contributed by atoms with Crippen molar-refractivity contribution in [1.29, 1.82) is 0 Å². The van der Waals surface area contributed by atoms with Crippen molar-refractivity contribution in [3.63, 3.8) is 0 Å². The van der Waals surface area contributed by atoms with E-state index < -0.39 is 11.7 Å². The van der Waals surface area contributed by atoms with Crippen molar-refractivity contribution < 1.29 is 18.3 Å². The second-order valence-electron chi connectivity index (χ2n) is 2.86. The van der Waals surface area contributed by atoms with Gasteiger partial charge in [0, 0.05) is 12.5 Å². The third kappa shape index (κ3) is 1.89. The van der Waals surface area contributed by atoms with E-state index in [9.17, 15) is 13.6 Å². The Balaban J connectivity index is 3.12. The minimum absolute atomic E-state index is 0.309. The number of rotatable bonds is 3. The van der Waals surface area contributed by atoms with Crippen LogP contribution < -0.4 is 4.74 Å². The van der Waals surface area contributed by atoms with Crippen LogP contribution in [-0.2, 0) is 10.7 Å². The van der Waals surface area contributed by atoms with Gasteiger partial charge in [0.1, 0.15) is 5.75 Å². The Hall–Kier alpha value is -1.45. The van der Waals surface area contributed by atoms with Crippen LogP contribution >= 0.6 is 0 Å². The lowest BCUT2D eigenvalue weighted by Gasteiger charge is -2.13.